The molecule has 0 atom stereocenters. The van der Waals surface area contributed by atoms with E-state index in [1.54, 1.807) is 13.3 Å². The molecule has 0 fully saturated rings. The van der Waals surface area contributed by atoms with Crippen LogP contribution in [0.3, 0.4) is 0 Å². The van der Waals surface area contributed by atoms with Gasteiger partial charge in [0.25, 0.3) is 0 Å². The van der Waals surface area contributed by atoms with Crippen molar-refractivity contribution < 1.29 is 9.59 Å². The minimum Gasteiger partial charge on any atom is -0.334 e. The van der Waals surface area contributed by atoms with Gasteiger partial charge in [-0.05, 0) is 14.0 Å². The van der Waals surface area contributed by atoms with Gasteiger partial charge in [-0.1, -0.05) is 0 Å². The lowest BCUT2D eigenvalue weighted by Crippen LogP contribution is -2.38. The van der Waals surface area contributed by atoms with Crippen LogP contribution in [0.15, 0.2) is 0 Å². The molecule has 63 valence electrons. The molecular formula is C7H13N2O2. The van der Waals surface area contributed by atoms with Gasteiger partial charge < -0.3 is 10.2 Å². The molecule has 1 amide bonds. The monoisotopic (exact) mass is 157 g/mol. The quantitative estimate of drug-likeness (QED) is 0.566. The smallest absolute Gasteiger partial charge is 0.236 e. The van der Waals surface area contributed by atoms with E-state index in [1.165, 1.54) is 4.90 Å². The maximum Gasteiger partial charge on any atom is 0.236 e. The van der Waals surface area contributed by atoms with Gasteiger partial charge in [-0.15, -0.1) is 0 Å². The molecule has 1 radical (unpaired) electrons. The van der Waals surface area contributed by atoms with E-state index in [0.29, 0.717) is 6.54 Å². The molecule has 0 rings (SSSR count). The maximum absolute atomic E-state index is 11.0. The minimum absolute atomic E-state index is 0.0665. The van der Waals surface area contributed by atoms with Crippen molar-refractivity contribution in [1.29, 1.82) is 0 Å². The van der Waals surface area contributed by atoms with Crippen LogP contribution in [-0.4, -0.2) is 43.8 Å². The summed E-state index contributed by atoms with van der Waals surface area (Å²) in [6, 6.07) is 0. The molecule has 0 unspecified atom stereocenters. The molecule has 0 aliphatic heterocycles. The molecule has 11 heavy (non-hydrogen) atoms. The molecule has 0 saturated carbocycles. The first-order valence-corrected chi connectivity index (χ1v) is 3.53. The second kappa shape index (κ2) is 5.85. The van der Waals surface area contributed by atoms with Crippen LogP contribution in [0.2, 0.25) is 0 Å². The topological polar surface area (TPSA) is 49.4 Å². The number of hydrogen-bond donors (Lipinski definition) is 1. The number of nitrogens with zero attached hydrogens (tertiary/aromatic N) is 1. The number of amides is 1. The van der Waals surface area contributed by atoms with Crippen LogP contribution in [0.5, 0.6) is 0 Å². The van der Waals surface area contributed by atoms with Gasteiger partial charge in [-0.3, -0.25) is 9.59 Å². The third-order valence-corrected chi connectivity index (χ3v) is 1.32. The predicted octanol–water partition coefficient (Wildman–Crippen LogP) is -0.836. The van der Waals surface area contributed by atoms with Crippen molar-refractivity contribution >= 4 is 12.2 Å². The lowest BCUT2D eigenvalue weighted by atomic mass is 10.4. The average molecular weight is 157 g/mol. The minimum atomic E-state index is -0.0710. The SMILES string of the molecule is CCN(C[C]=O)C(=O)CNC. The third-order valence-electron chi connectivity index (χ3n) is 1.32. The van der Waals surface area contributed by atoms with Crippen molar-refractivity contribution in [2.24, 2.45) is 0 Å². The molecule has 0 aromatic carbocycles. The summed E-state index contributed by atoms with van der Waals surface area (Å²) >= 11 is 0. The van der Waals surface area contributed by atoms with Crippen molar-refractivity contribution in [2.75, 3.05) is 26.7 Å². The highest BCUT2D eigenvalue weighted by molar-refractivity contribution is 5.80. The first-order valence-electron chi connectivity index (χ1n) is 3.53. The number of likely N-dealkylation sites (N-methyl/N-ethyl adjacent to an activating group) is 2. The number of rotatable bonds is 5. The summed E-state index contributed by atoms with van der Waals surface area (Å²) in [7, 11) is 1.69. The van der Waals surface area contributed by atoms with Crippen LogP contribution >= 0.6 is 0 Å². The van der Waals surface area contributed by atoms with E-state index in [4.69, 9.17) is 0 Å². The number of carbonyl (C=O) groups excluding carboxylic acids is 2. The van der Waals surface area contributed by atoms with Crippen LogP contribution in [0.25, 0.3) is 0 Å². The summed E-state index contributed by atoms with van der Waals surface area (Å²) < 4.78 is 0. The van der Waals surface area contributed by atoms with Crippen LogP contribution in [0, 0.1) is 0 Å². The van der Waals surface area contributed by atoms with Crippen molar-refractivity contribution in [2.45, 2.75) is 6.92 Å². The van der Waals surface area contributed by atoms with E-state index in [1.807, 2.05) is 6.92 Å². The zero-order valence-corrected chi connectivity index (χ0v) is 6.89. The molecule has 0 aliphatic carbocycles. The Labute approximate surface area is 66.6 Å². The molecule has 0 aliphatic rings. The molecule has 0 aromatic rings. The van der Waals surface area contributed by atoms with Gasteiger partial charge in [0, 0.05) is 6.54 Å². The Balaban J connectivity index is 3.80. The second-order valence-corrected chi connectivity index (χ2v) is 2.08. The standard InChI is InChI=1S/C7H13N2O2/c1-3-9(4-5-10)7(11)6-8-2/h8H,3-4,6H2,1-2H3. The zero-order valence-electron chi connectivity index (χ0n) is 6.89. The fourth-order valence-electron chi connectivity index (χ4n) is 0.717. The average Bonchev–Trinajstić information content (AvgIpc) is 2.00. The molecular weight excluding hydrogens is 144 g/mol. The lowest BCUT2D eigenvalue weighted by Gasteiger charge is -2.16. The summed E-state index contributed by atoms with van der Waals surface area (Å²) in [5, 5.41) is 2.72. The Kier molecular flexibility index (Phi) is 5.37. The molecule has 0 heterocycles. The van der Waals surface area contributed by atoms with Gasteiger partial charge >= 0.3 is 0 Å². The first-order chi connectivity index (χ1) is 5.26. The highest BCUT2D eigenvalue weighted by atomic mass is 16.2. The van der Waals surface area contributed by atoms with E-state index in [9.17, 15) is 9.59 Å². The highest BCUT2D eigenvalue weighted by Gasteiger charge is 2.08. The van der Waals surface area contributed by atoms with Crippen LogP contribution in [0.1, 0.15) is 6.92 Å². The summed E-state index contributed by atoms with van der Waals surface area (Å²) in [4.78, 5) is 22.4. The number of hydrogen-bond acceptors (Lipinski definition) is 3. The fraction of sp³-hybridized carbons (Fsp3) is 0.714. The van der Waals surface area contributed by atoms with Crippen LogP contribution in [0.4, 0.5) is 0 Å². The van der Waals surface area contributed by atoms with Crippen LogP contribution < -0.4 is 5.32 Å². The Hall–Kier alpha value is -0.900. The Bertz CT molecular complexity index is 136. The van der Waals surface area contributed by atoms with E-state index in [0.717, 1.165) is 0 Å². The largest absolute Gasteiger partial charge is 0.334 e. The van der Waals surface area contributed by atoms with Gasteiger partial charge in [0.1, 0.15) is 0 Å². The van der Waals surface area contributed by atoms with Crippen LogP contribution in [-0.2, 0) is 9.59 Å². The second-order valence-electron chi connectivity index (χ2n) is 2.08. The molecule has 0 aromatic heterocycles. The number of nitrogens with one attached hydrogen (secondary N) is 1. The summed E-state index contributed by atoms with van der Waals surface area (Å²) in [5.74, 6) is -0.0710. The first kappa shape index (κ1) is 10.1. The van der Waals surface area contributed by atoms with Gasteiger partial charge in [-0.25, -0.2) is 0 Å². The van der Waals surface area contributed by atoms with Gasteiger partial charge in [0.15, 0.2) is 0 Å². The van der Waals surface area contributed by atoms with E-state index < -0.39 is 0 Å². The Morgan fingerprint density at radius 1 is 1.64 bits per heavy atom. The fourth-order valence-corrected chi connectivity index (χ4v) is 0.717. The summed E-state index contributed by atoms with van der Waals surface area (Å²) in [5.41, 5.74) is 0. The third kappa shape index (κ3) is 3.72. The van der Waals surface area contributed by atoms with E-state index in [2.05, 4.69) is 5.32 Å². The van der Waals surface area contributed by atoms with Gasteiger partial charge in [0.05, 0.1) is 13.1 Å². The summed E-state index contributed by atoms with van der Waals surface area (Å²) in [6.45, 7) is 2.72. The number of carbonyl (C=O) groups is 1. The molecule has 0 bridgehead atoms. The molecule has 4 heteroatoms. The van der Waals surface area contributed by atoms with Gasteiger partial charge in [0.2, 0.25) is 12.2 Å². The predicted molar refractivity (Wildman–Crippen MR) is 41.9 cm³/mol. The van der Waals surface area contributed by atoms with Crippen molar-refractivity contribution in [3.8, 4) is 0 Å². The normalized spacial score (nSPS) is 9.27. The molecule has 0 saturated heterocycles. The highest BCUT2D eigenvalue weighted by Crippen LogP contribution is 1.85. The Morgan fingerprint density at radius 2 is 2.27 bits per heavy atom. The van der Waals surface area contributed by atoms with Crippen molar-refractivity contribution in [3.05, 3.63) is 0 Å². The maximum atomic E-state index is 11.0. The molecule has 0 spiro atoms. The van der Waals surface area contributed by atoms with E-state index >= 15 is 0 Å². The lowest BCUT2D eigenvalue weighted by molar-refractivity contribution is -0.129. The Morgan fingerprint density at radius 3 is 2.64 bits per heavy atom. The van der Waals surface area contributed by atoms with E-state index in [-0.39, 0.29) is 19.0 Å². The van der Waals surface area contributed by atoms with Crippen molar-refractivity contribution in [1.82, 2.24) is 10.2 Å². The van der Waals surface area contributed by atoms with Crippen molar-refractivity contribution in [3.63, 3.8) is 0 Å². The summed E-state index contributed by atoms with van der Waals surface area (Å²) in [6.07, 6.45) is 1.69. The van der Waals surface area contributed by atoms with Gasteiger partial charge in [-0.2, -0.15) is 0 Å². The molecule has 4 nitrogen and oxygen atoms in total. The molecule has 1 N–H and O–H groups in total. The zero-order chi connectivity index (χ0) is 8.69.